The van der Waals surface area contributed by atoms with Gasteiger partial charge in [0.15, 0.2) is 0 Å². The maximum atomic E-state index is 14.1. The molecule has 2 rings (SSSR count). The van der Waals surface area contributed by atoms with E-state index in [0.29, 0.717) is 16.9 Å². The van der Waals surface area contributed by atoms with Crippen molar-refractivity contribution in [3.8, 4) is 5.75 Å². The van der Waals surface area contributed by atoms with Gasteiger partial charge in [0.05, 0.1) is 12.5 Å². The quantitative estimate of drug-likeness (QED) is 0.734. The number of ether oxygens (including phenoxy) is 1. The Kier molecular flexibility index (Phi) is 4.11. The second-order valence-electron chi connectivity index (χ2n) is 4.59. The second-order valence-corrected chi connectivity index (χ2v) is 5.02. The molecule has 0 aliphatic heterocycles. The van der Waals surface area contributed by atoms with Crippen LogP contribution in [-0.4, -0.2) is 7.11 Å². The van der Waals surface area contributed by atoms with E-state index in [2.05, 4.69) is 0 Å². The normalized spacial score (nSPS) is 12.3. The number of rotatable bonds is 3. The Morgan fingerprint density at radius 1 is 1.11 bits per heavy atom. The lowest BCUT2D eigenvalue weighted by molar-refractivity contribution is 0.410. The summed E-state index contributed by atoms with van der Waals surface area (Å²) in [5.74, 6) is 0.414. The van der Waals surface area contributed by atoms with Gasteiger partial charge in [-0.1, -0.05) is 35.9 Å². The molecule has 2 aromatic rings. The van der Waals surface area contributed by atoms with Gasteiger partial charge in [-0.2, -0.15) is 0 Å². The van der Waals surface area contributed by atoms with Crippen LogP contribution in [0.3, 0.4) is 0 Å². The number of methoxy groups -OCH3 is 1. The fourth-order valence-electron chi connectivity index (χ4n) is 2.09. The van der Waals surface area contributed by atoms with Crippen molar-refractivity contribution in [2.45, 2.75) is 19.2 Å². The van der Waals surface area contributed by atoms with Gasteiger partial charge in [-0.3, -0.25) is 0 Å². The topological polar surface area (TPSA) is 9.23 Å². The van der Waals surface area contributed by atoms with E-state index in [-0.39, 0.29) is 5.82 Å². The molecule has 0 radical (unpaired) electrons. The summed E-state index contributed by atoms with van der Waals surface area (Å²) < 4.78 is 19.5. The van der Waals surface area contributed by atoms with Crippen LogP contribution in [0.1, 0.15) is 27.6 Å². The highest BCUT2D eigenvalue weighted by Crippen LogP contribution is 2.37. The molecule has 1 unspecified atom stereocenters. The van der Waals surface area contributed by atoms with E-state index in [4.69, 9.17) is 16.3 Å². The lowest BCUT2D eigenvalue weighted by Crippen LogP contribution is -2.01. The molecule has 0 aliphatic rings. The summed E-state index contributed by atoms with van der Waals surface area (Å²) in [5, 5.41) is -0.560. The second kappa shape index (κ2) is 5.62. The third kappa shape index (κ3) is 2.74. The monoisotopic (exact) mass is 278 g/mol. The van der Waals surface area contributed by atoms with E-state index in [9.17, 15) is 4.39 Å². The maximum absolute atomic E-state index is 14.1. The molecular formula is C16H16ClFO. The van der Waals surface area contributed by atoms with Crippen molar-refractivity contribution in [1.82, 2.24) is 0 Å². The van der Waals surface area contributed by atoms with Gasteiger partial charge in [0.25, 0.3) is 0 Å². The predicted molar refractivity (Wildman–Crippen MR) is 76.6 cm³/mol. The summed E-state index contributed by atoms with van der Waals surface area (Å²) in [6.45, 7) is 3.70. The number of hydrogen-bond acceptors (Lipinski definition) is 1. The molecule has 0 aliphatic carbocycles. The molecule has 0 amide bonds. The zero-order valence-corrected chi connectivity index (χ0v) is 12.0. The van der Waals surface area contributed by atoms with Gasteiger partial charge in [0.1, 0.15) is 11.6 Å². The molecule has 0 spiro atoms. The first kappa shape index (κ1) is 13.9. The fraction of sp³-hybridized carbons (Fsp3) is 0.250. The van der Waals surface area contributed by atoms with Crippen LogP contribution in [0.5, 0.6) is 5.75 Å². The molecule has 2 aromatic carbocycles. The summed E-state index contributed by atoms with van der Waals surface area (Å²) in [6.07, 6.45) is 0. The van der Waals surface area contributed by atoms with Crippen molar-refractivity contribution < 1.29 is 9.13 Å². The third-order valence-corrected chi connectivity index (χ3v) is 3.62. The Hall–Kier alpha value is -1.54. The Bertz CT molecular complexity index is 595. The van der Waals surface area contributed by atoms with E-state index in [1.165, 1.54) is 0 Å². The fourth-order valence-corrected chi connectivity index (χ4v) is 2.42. The number of halogens is 2. The first-order valence-electron chi connectivity index (χ1n) is 6.08. The van der Waals surface area contributed by atoms with Crippen LogP contribution in [0.2, 0.25) is 0 Å². The number of aryl methyl sites for hydroxylation is 2. The van der Waals surface area contributed by atoms with Crippen molar-refractivity contribution in [3.05, 3.63) is 64.5 Å². The lowest BCUT2D eigenvalue weighted by Gasteiger charge is -2.16. The van der Waals surface area contributed by atoms with Crippen LogP contribution in [0, 0.1) is 19.7 Å². The van der Waals surface area contributed by atoms with Gasteiger partial charge in [-0.15, -0.1) is 11.6 Å². The molecule has 0 fully saturated rings. The van der Waals surface area contributed by atoms with Crippen molar-refractivity contribution in [2.75, 3.05) is 7.11 Å². The van der Waals surface area contributed by atoms with E-state index in [1.54, 1.807) is 26.2 Å². The molecule has 1 atom stereocenters. The van der Waals surface area contributed by atoms with Crippen molar-refractivity contribution in [2.24, 2.45) is 0 Å². The van der Waals surface area contributed by atoms with Crippen molar-refractivity contribution >= 4 is 11.6 Å². The standard InChI is InChI=1S/C16H16ClFO/c1-10-7-8-14(19-3)13(9-10)15(17)12-6-4-5-11(2)16(12)18/h4-9,15H,1-3H3. The molecule has 0 saturated carbocycles. The van der Waals surface area contributed by atoms with Crippen LogP contribution in [-0.2, 0) is 0 Å². The van der Waals surface area contributed by atoms with Gasteiger partial charge >= 0.3 is 0 Å². The highest BCUT2D eigenvalue weighted by molar-refractivity contribution is 6.22. The average Bonchev–Trinajstić information content (AvgIpc) is 2.41. The molecule has 100 valence electrons. The highest BCUT2D eigenvalue weighted by Gasteiger charge is 2.19. The Labute approximate surface area is 118 Å². The van der Waals surface area contributed by atoms with E-state index < -0.39 is 5.38 Å². The van der Waals surface area contributed by atoms with Gasteiger partial charge in [-0.25, -0.2) is 4.39 Å². The third-order valence-electron chi connectivity index (χ3n) is 3.15. The molecule has 0 heterocycles. The predicted octanol–water partition coefficient (Wildman–Crippen LogP) is 4.78. The summed E-state index contributed by atoms with van der Waals surface area (Å²) >= 11 is 6.44. The lowest BCUT2D eigenvalue weighted by atomic mass is 9.99. The maximum Gasteiger partial charge on any atom is 0.131 e. The van der Waals surface area contributed by atoms with Gasteiger partial charge < -0.3 is 4.74 Å². The molecule has 3 heteroatoms. The highest BCUT2D eigenvalue weighted by atomic mass is 35.5. The first-order chi connectivity index (χ1) is 9.04. The van der Waals surface area contributed by atoms with Gasteiger partial charge in [0.2, 0.25) is 0 Å². The molecule has 0 N–H and O–H groups in total. The van der Waals surface area contributed by atoms with Gasteiger partial charge in [-0.05, 0) is 25.5 Å². The van der Waals surface area contributed by atoms with Gasteiger partial charge in [0, 0.05) is 11.1 Å². The van der Waals surface area contributed by atoms with Crippen LogP contribution in [0.15, 0.2) is 36.4 Å². The van der Waals surface area contributed by atoms with E-state index in [0.717, 1.165) is 11.1 Å². The minimum absolute atomic E-state index is 0.258. The Balaban J connectivity index is 2.52. The molecule has 1 nitrogen and oxygen atoms in total. The SMILES string of the molecule is COc1ccc(C)cc1C(Cl)c1cccc(C)c1F. The van der Waals surface area contributed by atoms with E-state index >= 15 is 0 Å². The molecular weight excluding hydrogens is 263 g/mol. The summed E-state index contributed by atoms with van der Waals surface area (Å²) in [6, 6.07) is 11.0. The van der Waals surface area contributed by atoms with Crippen molar-refractivity contribution in [3.63, 3.8) is 0 Å². The van der Waals surface area contributed by atoms with Crippen LogP contribution >= 0.6 is 11.6 Å². The Morgan fingerprint density at radius 2 is 1.84 bits per heavy atom. The van der Waals surface area contributed by atoms with Crippen LogP contribution in [0.25, 0.3) is 0 Å². The summed E-state index contributed by atoms with van der Waals surface area (Å²) in [5.41, 5.74) is 2.92. The van der Waals surface area contributed by atoms with E-state index in [1.807, 2.05) is 31.2 Å². The molecule has 19 heavy (non-hydrogen) atoms. The largest absolute Gasteiger partial charge is 0.496 e. The summed E-state index contributed by atoms with van der Waals surface area (Å²) in [4.78, 5) is 0. The van der Waals surface area contributed by atoms with Crippen LogP contribution in [0.4, 0.5) is 4.39 Å². The smallest absolute Gasteiger partial charge is 0.131 e. The number of benzene rings is 2. The minimum atomic E-state index is -0.560. The average molecular weight is 279 g/mol. The zero-order valence-electron chi connectivity index (χ0n) is 11.2. The van der Waals surface area contributed by atoms with Crippen LogP contribution < -0.4 is 4.74 Å². The Morgan fingerprint density at radius 3 is 2.53 bits per heavy atom. The summed E-state index contributed by atoms with van der Waals surface area (Å²) in [7, 11) is 1.59. The minimum Gasteiger partial charge on any atom is -0.496 e. The zero-order chi connectivity index (χ0) is 14.0. The first-order valence-corrected chi connectivity index (χ1v) is 6.52. The molecule has 0 saturated heterocycles. The molecule has 0 bridgehead atoms. The number of alkyl halides is 1. The number of hydrogen-bond donors (Lipinski definition) is 0. The van der Waals surface area contributed by atoms with Crippen molar-refractivity contribution in [1.29, 1.82) is 0 Å². The molecule has 0 aromatic heterocycles.